The van der Waals surface area contributed by atoms with Crippen LogP contribution in [0.3, 0.4) is 0 Å². The number of hydrogen-bond acceptors (Lipinski definition) is 5. The van der Waals surface area contributed by atoms with E-state index in [2.05, 4.69) is 29.0 Å². The van der Waals surface area contributed by atoms with Crippen molar-refractivity contribution in [2.24, 2.45) is 5.16 Å². The number of para-hydroxylation sites is 2. The second-order valence-electron chi connectivity index (χ2n) is 5.85. The van der Waals surface area contributed by atoms with Crippen LogP contribution in [0.1, 0.15) is 49.8 Å². The van der Waals surface area contributed by atoms with Gasteiger partial charge in [0.2, 0.25) is 0 Å². The van der Waals surface area contributed by atoms with Crippen molar-refractivity contribution in [3.63, 3.8) is 0 Å². The smallest absolute Gasteiger partial charge is 0.320 e. The van der Waals surface area contributed by atoms with Gasteiger partial charge >= 0.3 is 6.55 Å². The molecule has 25 heavy (non-hydrogen) atoms. The molecule has 3 aromatic rings. The van der Waals surface area contributed by atoms with Gasteiger partial charge in [-0.15, -0.1) is 11.3 Å². The molecule has 1 aromatic carbocycles. The number of thiazole rings is 1. The van der Waals surface area contributed by atoms with Crippen molar-refractivity contribution < 1.29 is 13.6 Å². The van der Waals surface area contributed by atoms with Crippen LogP contribution in [0.5, 0.6) is 0 Å². The summed E-state index contributed by atoms with van der Waals surface area (Å²) in [5, 5.41) is 6.88. The highest BCUT2D eigenvalue weighted by Gasteiger charge is 2.19. The van der Waals surface area contributed by atoms with E-state index in [9.17, 15) is 8.78 Å². The van der Waals surface area contributed by atoms with Gasteiger partial charge in [-0.2, -0.15) is 8.78 Å². The lowest BCUT2D eigenvalue weighted by Crippen LogP contribution is -2.10. The molecule has 0 amide bonds. The van der Waals surface area contributed by atoms with Crippen LogP contribution in [0, 0.1) is 0 Å². The number of alkyl halides is 2. The predicted molar refractivity (Wildman–Crippen MR) is 94.2 cm³/mol. The molecule has 3 rings (SSSR count). The highest BCUT2D eigenvalue weighted by molar-refractivity contribution is 7.09. The van der Waals surface area contributed by atoms with Crippen molar-refractivity contribution >= 4 is 28.1 Å². The Morgan fingerprint density at radius 1 is 1.28 bits per heavy atom. The first-order valence-electron chi connectivity index (χ1n) is 7.83. The summed E-state index contributed by atoms with van der Waals surface area (Å²) in [5.41, 5.74) is 1.92. The first kappa shape index (κ1) is 17.5. The highest BCUT2D eigenvalue weighted by atomic mass is 32.1. The molecule has 0 aliphatic heterocycles. The minimum atomic E-state index is -2.71. The number of nitrogens with zero attached hydrogens (tertiary/aromatic N) is 4. The molecule has 0 bridgehead atoms. The molecule has 5 nitrogen and oxygen atoms in total. The zero-order chi connectivity index (χ0) is 18.0. The quantitative estimate of drug-likeness (QED) is 0.459. The lowest BCUT2D eigenvalue weighted by Gasteiger charge is -2.07. The van der Waals surface area contributed by atoms with Gasteiger partial charge < -0.3 is 4.84 Å². The van der Waals surface area contributed by atoms with Gasteiger partial charge in [-0.05, 0) is 19.1 Å². The topological polar surface area (TPSA) is 52.3 Å². The van der Waals surface area contributed by atoms with Crippen molar-refractivity contribution in [1.29, 1.82) is 0 Å². The molecule has 2 heterocycles. The summed E-state index contributed by atoms with van der Waals surface area (Å²) < 4.78 is 27.7. The lowest BCUT2D eigenvalue weighted by atomic mass is 10.2. The van der Waals surface area contributed by atoms with Gasteiger partial charge in [0, 0.05) is 11.3 Å². The van der Waals surface area contributed by atoms with Crippen molar-refractivity contribution in [2.75, 3.05) is 0 Å². The average Bonchev–Trinajstić information content (AvgIpc) is 3.19. The van der Waals surface area contributed by atoms with E-state index in [1.807, 2.05) is 5.38 Å². The van der Waals surface area contributed by atoms with Crippen LogP contribution >= 0.6 is 11.3 Å². The van der Waals surface area contributed by atoms with Gasteiger partial charge in [0.15, 0.2) is 12.4 Å². The van der Waals surface area contributed by atoms with E-state index in [4.69, 9.17) is 4.84 Å². The van der Waals surface area contributed by atoms with Gasteiger partial charge in [-0.3, -0.25) is 4.57 Å². The number of halogens is 2. The van der Waals surface area contributed by atoms with E-state index in [1.54, 1.807) is 42.5 Å². The van der Waals surface area contributed by atoms with E-state index >= 15 is 0 Å². The number of fused-ring (bicyclic) bond motifs is 1. The molecule has 0 N–H and O–H groups in total. The van der Waals surface area contributed by atoms with Crippen LogP contribution < -0.4 is 0 Å². The Balaban J connectivity index is 1.80. The second-order valence-corrected chi connectivity index (χ2v) is 6.74. The van der Waals surface area contributed by atoms with Crippen molar-refractivity contribution in [2.45, 2.75) is 39.8 Å². The van der Waals surface area contributed by atoms with Crippen LogP contribution in [0.15, 0.2) is 34.8 Å². The number of rotatable bonds is 6. The third-order valence-electron chi connectivity index (χ3n) is 3.59. The lowest BCUT2D eigenvalue weighted by molar-refractivity contribution is 0.0735. The van der Waals surface area contributed by atoms with Crippen LogP contribution in [0.4, 0.5) is 8.78 Å². The van der Waals surface area contributed by atoms with Crippen LogP contribution in [0.25, 0.3) is 11.0 Å². The van der Waals surface area contributed by atoms with Gasteiger partial charge in [0.05, 0.1) is 21.7 Å². The third-order valence-corrected chi connectivity index (χ3v) is 4.79. The van der Waals surface area contributed by atoms with Crippen LogP contribution in [-0.4, -0.2) is 20.2 Å². The fourth-order valence-electron chi connectivity index (χ4n) is 2.39. The molecule has 0 spiro atoms. The third kappa shape index (κ3) is 3.68. The Morgan fingerprint density at radius 2 is 2.04 bits per heavy atom. The van der Waals surface area contributed by atoms with Crippen molar-refractivity contribution in [1.82, 2.24) is 14.5 Å². The number of benzene rings is 1. The summed E-state index contributed by atoms with van der Waals surface area (Å²) in [6.45, 7) is 3.22. The molecule has 0 atom stereocenters. The largest absolute Gasteiger partial charge is 0.389 e. The zero-order valence-electron chi connectivity index (χ0n) is 14.1. The van der Waals surface area contributed by atoms with Crippen molar-refractivity contribution in [3.8, 4) is 0 Å². The molecule has 132 valence electrons. The van der Waals surface area contributed by atoms with Gasteiger partial charge in [-0.1, -0.05) is 31.1 Å². The summed E-state index contributed by atoms with van der Waals surface area (Å²) in [7, 11) is 0. The second kappa shape index (κ2) is 7.26. The Bertz CT molecular complexity index is 901. The summed E-state index contributed by atoms with van der Waals surface area (Å²) in [6.07, 6.45) is 0. The van der Waals surface area contributed by atoms with Crippen LogP contribution in [-0.2, 0) is 11.4 Å². The van der Waals surface area contributed by atoms with Gasteiger partial charge in [-0.25, -0.2) is 9.97 Å². The molecule has 0 saturated carbocycles. The summed E-state index contributed by atoms with van der Waals surface area (Å²) in [5.74, 6) is 0.451. The molecule has 0 aliphatic rings. The fourth-order valence-corrected chi connectivity index (χ4v) is 3.21. The van der Waals surface area contributed by atoms with E-state index in [0.29, 0.717) is 17.0 Å². The number of aromatic nitrogens is 3. The molecule has 0 unspecified atom stereocenters. The van der Waals surface area contributed by atoms with Crippen molar-refractivity contribution in [3.05, 3.63) is 46.2 Å². The summed E-state index contributed by atoms with van der Waals surface area (Å²) in [4.78, 5) is 14.0. The van der Waals surface area contributed by atoms with E-state index in [-0.39, 0.29) is 18.1 Å². The Labute approximate surface area is 148 Å². The molecule has 0 fully saturated rings. The van der Waals surface area contributed by atoms with E-state index in [0.717, 1.165) is 15.3 Å². The molecule has 2 aromatic heterocycles. The number of oxime groups is 1. The first-order valence-corrected chi connectivity index (χ1v) is 8.71. The predicted octanol–water partition coefficient (Wildman–Crippen LogP) is 4.95. The normalized spacial score (nSPS) is 12.5. The Hall–Kier alpha value is -2.35. The first-order chi connectivity index (χ1) is 12.0. The van der Waals surface area contributed by atoms with Crippen LogP contribution in [0.2, 0.25) is 0 Å². The van der Waals surface area contributed by atoms with E-state index < -0.39 is 6.55 Å². The number of imidazole rings is 1. The SMILES string of the molecule is CC(=NOCc1csc(C(C)C)n1)c1nc2ccccc2n1C(F)F. The zero-order valence-corrected chi connectivity index (χ0v) is 14.9. The highest BCUT2D eigenvalue weighted by Crippen LogP contribution is 2.24. The Kier molecular flexibility index (Phi) is 5.08. The van der Waals surface area contributed by atoms with Gasteiger partial charge in [0.25, 0.3) is 0 Å². The molecule has 0 radical (unpaired) electrons. The maximum absolute atomic E-state index is 13.4. The molecule has 0 aliphatic carbocycles. The average molecular weight is 364 g/mol. The molecular formula is C17H18F2N4OS. The van der Waals surface area contributed by atoms with E-state index in [1.165, 1.54) is 0 Å². The fraction of sp³-hybridized carbons (Fsp3) is 0.353. The monoisotopic (exact) mass is 364 g/mol. The maximum Gasteiger partial charge on any atom is 0.320 e. The summed E-state index contributed by atoms with van der Waals surface area (Å²) >= 11 is 1.57. The minimum Gasteiger partial charge on any atom is -0.389 e. The molecule has 0 saturated heterocycles. The van der Waals surface area contributed by atoms with Gasteiger partial charge in [0.1, 0.15) is 5.71 Å². The molecule has 8 heteroatoms. The molecular weight excluding hydrogens is 346 g/mol. The Morgan fingerprint density at radius 3 is 2.72 bits per heavy atom. The maximum atomic E-state index is 13.4. The standard InChI is InChI=1S/C17H18F2N4OS/c1-10(2)16-20-12(9-25-16)8-24-22-11(3)15-21-13-6-4-5-7-14(13)23(15)17(18)19/h4-7,9-10,17H,8H2,1-3H3. The summed E-state index contributed by atoms with van der Waals surface area (Å²) in [6, 6.07) is 6.75. The number of hydrogen-bond donors (Lipinski definition) is 0. The minimum absolute atomic E-state index is 0.0948.